The zero-order chi connectivity index (χ0) is 16.6. The molecule has 3 aromatic carbocycles. The molecule has 0 aliphatic carbocycles. The molecule has 1 aromatic heterocycles. The SMILES string of the molecule is c1ccc(-c2nc3ccccc3cc2-c2ccc3c(c2)OCO3)cc1. The molecule has 120 valence electrons. The number of pyridine rings is 1. The molecule has 0 unspecified atom stereocenters. The fourth-order valence-electron chi connectivity index (χ4n) is 3.22. The first-order valence-electron chi connectivity index (χ1n) is 8.24. The van der Waals surface area contributed by atoms with Gasteiger partial charge in [0.05, 0.1) is 11.2 Å². The molecular weight excluding hydrogens is 310 g/mol. The fraction of sp³-hybridized carbons (Fsp3) is 0.0455. The number of ether oxygens (including phenoxy) is 2. The van der Waals surface area contributed by atoms with Crippen LogP contribution in [0.15, 0.2) is 78.9 Å². The van der Waals surface area contributed by atoms with Crippen LogP contribution in [0.2, 0.25) is 0 Å². The maximum absolute atomic E-state index is 5.55. The highest BCUT2D eigenvalue weighted by Crippen LogP contribution is 2.39. The van der Waals surface area contributed by atoms with Crippen LogP contribution in [-0.2, 0) is 0 Å². The van der Waals surface area contributed by atoms with Crippen LogP contribution in [0.4, 0.5) is 0 Å². The topological polar surface area (TPSA) is 31.4 Å². The second-order valence-electron chi connectivity index (χ2n) is 6.01. The van der Waals surface area contributed by atoms with Crippen molar-refractivity contribution >= 4 is 10.9 Å². The van der Waals surface area contributed by atoms with Crippen molar-refractivity contribution in [3.05, 3.63) is 78.9 Å². The van der Waals surface area contributed by atoms with Gasteiger partial charge in [0.1, 0.15) is 0 Å². The first-order valence-corrected chi connectivity index (χ1v) is 8.24. The van der Waals surface area contributed by atoms with Crippen LogP contribution in [0.5, 0.6) is 11.5 Å². The van der Waals surface area contributed by atoms with E-state index < -0.39 is 0 Å². The standard InChI is InChI=1S/C22H15NO2/c1-2-6-15(7-3-1)22-18(12-17-8-4-5-9-19(17)23-22)16-10-11-20-21(13-16)25-14-24-20/h1-13H,14H2. The number of rotatable bonds is 2. The lowest BCUT2D eigenvalue weighted by atomic mass is 9.97. The van der Waals surface area contributed by atoms with Gasteiger partial charge in [0, 0.05) is 16.5 Å². The van der Waals surface area contributed by atoms with Crippen molar-refractivity contribution in [2.24, 2.45) is 0 Å². The number of hydrogen-bond donors (Lipinski definition) is 0. The zero-order valence-corrected chi connectivity index (χ0v) is 13.5. The van der Waals surface area contributed by atoms with Gasteiger partial charge >= 0.3 is 0 Å². The Kier molecular flexibility index (Phi) is 3.17. The van der Waals surface area contributed by atoms with E-state index in [0.29, 0.717) is 0 Å². The van der Waals surface area contributed by atoms with Crippen LogP contribution in [-0.4, -0.2) is 11.8 Å². The largest absolute Gasteiger partial charge is 0.454 e. The Bertz CT molecular complexity index is 1070. The van der Waals surface area contributed by atoms with Crippen molar-refractivity contribution in [1.82, 2.24) is 4.98 Å². The van der Waals surface area contributed by atoms with Gasteiger partial charge < -0.3 is 9.47 Å². The first-order chi connectivity index (χ1) is 12.4. The highest BCUT2D eigenvalue weighted by Gasteiger charge is 2.17. The number of para-hydroxylation sites is 1. The van der Waals surface area contributed by atoms with E-state index in [1.807, 2.05) is 48.5 Å². The molecule has 0 fully saturated rings. The maximum Gasteiger partial charge on any atom is 0.231 e. The lowest BCUT2D eigenvalue weighted by molar-refractivity contribution is 0.174. The van der Waals surface area contributed by atoms with Gasteiger partial charge in [-0.1, -0.05) is 54.6 Å². The summed E-state index contributed by atoms with van der Waals surface area (Å²) < 4.78 is 11.0. The van der Waals surface area contributed by atoms with E-state index >= 15 is 0 Å². The molecule has 0 saturated carbocycles. The van der Waals surface area contributed by atoms with Gasteiger partial charge in [0.2, 0.25) is 6.79 Å². The average Bonchev–Trinajstić information content (AvgIpc) is 3.15. The Morgan fingerprint density at radius 3 is 2.40 bits per heavy atom. The summed E-state index contributed by atoms with van der Waals surface area (Å²) in [6.07, 6.45) is 0. The molecular formula is C22H15NO2. The van der Waals surface area contributed by atoms with E-state index in [1.54, 1.807) is 0 Å². The Labute approximate surface area is 145 Å². The molecule has 0 radical (unpaired) electrons. The van der Waals surface area contributed by atoms with E-state index in [2.05, 4.69) is 30.3 Å². The van der Waals surface area contributed by atoms with Crippen molar-refractivity contribution in [3.8, 4) is 33.9 Å². The molecule has 1 aliphatic heterocycles. The molecule has 0 spiro atoms. The maximum atomic E-state index is 5.55. The molecule has 0 amide bonds. The number of nitrogens with zero attached hydrogens (tertiary/aromatic N) is 1. The molecule has 5 rings (SSSR count). The average molecular weight is 325 g/mol. The molecule has 25 heavy (non-hydrogen) atoms. The van der Waals surface area contributed by atoms with Gasteiger partial charge in [-0.2, -0.15) is 0 Å². The third-order valence-corrected chi connectivity index (χ3v) is 4.45. The van der Waals surface area contributed by atoms with E-state index in [4.69, 9.17) is 14.5 Å². The Hall–Kier alpha value is -3.33. The molecule has 3 heteroatoms. The van der Waals surface area contributed by atoms with Crippen LogP contribution in [0.3, 0.4) is 0 Å². The minimum Gasteiger partial charge on any atom is -0.454 e. The van der Waals surface area contributed by atoms with Gasteiger partial charge in [-0.05, 0) is 29.8 Å². The predicted octanol–water partition coefficient (Wildman–Crippen LogP) is 5.30. The third-order valence-electron chi connectivity index (χ3n) is 4.45. The van der Waals surface area contributed by atoms with Gasteiger partial charge in [0.25, 0.3) is 0 Å². The monoisotopic (exact) mass is 325 g/mol. The minimum atomic E-state index is 0.278. The quantitative estimate of drug-likeness (QED) is 0.501. The van der Waals surface area contributed by atoms with Gasteiger partial charge in [-0.25, -0.2) is 4.98 Å². The summed E-state index contributed by atoms with van der Waals surface area (Å²) in [5.41, 5.74) is 5.22. The summed E-state index contributed by atoms with van der Waals surface area (Å²) in [5.74, 6) is 1.57. The summed E-state index contributed by atoms with van der Waals surface area (Å²) in [6.45, 7) is 0.278. The summed E-state index contributed by atoms with van der Waals surface area (Å²) in [4.78, 5) is 4.94. The third kappa shape index (κ3) is 2.41. The Morgan fingerprint density at radius 2 is 1.48 bits per heavy atom. The van der Waals surface area contributed by atoms with Crippen LogP contribution < -0.4 is 9.47 Å². The van der Waals surface area contributed by atoms with E-state index in [0.717, 1.165) is 44.8 Å². The number of aromatic nitrogens is 1. The van der Waals surface area contributed by atoms with Gasteiger partial charge in [-0.15, -0.1) is 0 Å². The molecule has 0 atom stereocenters. The van der Waals surface area contributed by atoms with Gasteiger partial charge in [0.15, 0.2) is 11.5 Å². The van der Waals surface area contributed by atoms with Crippen LogP contribution >= 0.6 is 0 Å². The van der Waals surface area contributed by atoms with Crippen LogP contribution in [0.1, 0.15) is 0 Å². The minimum absolute atomic E-state index is 0.278. The second kappa shape index (κ2) is 5.64. The normalized spacial score (nSPS) is 12.5. The van der Waals surface area contributed by atoms with E-state index in [9.17, 15) is 0 Å². The summed E-state index contributed by atoms with van der Waals surface area (Å²) in [6, 6.07) is 26.7. The number of hydrogen-bond acceptors (Lipinski definition) is 3. The lowest BCUT2D eigenvalue weighted by Crippen LogP contribution is -1.93. The molecule has 3 nitrogen and oxygen atoms in total. The first kappa shape index (κ1) is 14.1. The molecule has 0 saturated heterocycles. The number of benzene rings is 3. The van der Waals surface area contributed by atoms with Crippen molar-refractivity contribution in [2.75, 3.05) is 6.79 Å². The zero-order valence-electron chi connectivity index (χ0n) is 13.5. The van der Waals surface area contributed by atoms with Crippen molar-refractivity contribution < 1.29 is 9.47 Å². The van der Waals surface area contributed by atoms with Crippen molar-refractivity contribution in [1.29, 1.82) is 0 Å². The fourth-order valence-corrected chi connectivity index (χ4v) is 3.22. The van der Waals surface area contributed by atoms with Crippen LogP contribution in [0, 0.1) is 0 Å². The Morgan fingerprint density at radius 1 is 0.680 bits per heavy atom. The van der Waals surface area contributed by atoms with Crippen molar-refractivity contribution in [2.45, 2.75) is 0 Å². The molecule has 2 heterocycles. The lowest BCUT2D eigenvalue weighted by Gasteiger charge is -2.12. The van der Waals surface area contributed by atoms with E-state index in [1.165, 1.54) is 0 Å². The summed E-state index contributed by atoms with van der Waals surface area (Å²) in [7, 11) is 0. The Balaban J connectivity index is 1.78. The number of fused-ring (bicyclic) bond motifs is 2. The summed E-state index contributed by atoms with van der Waals surface area (Å²) in [5, 5.41) is 1.12. The van der Waals surface area contributed by atoms with Crippen molar-refractivity contribution in [3.63, 3.8) is 0 Å². The highest BCUT2D eigenvalue weighted by atomic mass is 16.7. The van der Waals surface area contributed by atoms with E-state index in [-0.39, 0.29) is 6.79 Å². The molecule has 0 N–H and O–H groups in total. The molecule has 4 aromatic rings. The van der Waals surface area contributed by atoms with Crippen LogP contribution in [0.25, 0.3) is 33.3 Å². The molecule has 0 bridgehead atoms. The summed E-state index contributed by atoms with van der Waals surface area (Å²) >= 11 is 0. The predicted molar refractivity (Wildman–Crippen MR) is 98.7 cm³/mol. The second-order valence-corrected chi connectivity index (χ2v) is 6.01. The highest BCUT2D eigenvalue weighted by molar-refractivity contribution is 5.92. The smallest absolute Gasteiger partial charge is 0.231 e. The molecule has 1 aliphatic rings. The van der Waals surface area contributed by atoms with Gasteiger partial charge in [-0.3, -0.25) is 0 Å².